The van der Waals surface area contributed by atoms with Crippen LogP contribution in [-0.4, -0.2) is 22.1 Å². The highest BCUT2D eigenvalue weighted by Gasteiger charge is 2.36. The normalized spacial score (nSPS) is 20.9. The molecular formula is C16H18N2O2. The summed E-state index contributed by atoms with van der Waals surface area (Å²) in [5.41, 5.74) is 1.80. The SMILES string of the molecule is CCCC1CC1Nc1c(C(=O)O)cnc2ccccc12. The van der Waals surface area contributed by atoms with Gasteiger partial charge in [0.2, 0.25) is 0 Å². The fourth-order valence-electron chi connectivity index (χ4n) is 2.76. The van der Waals surface area contributed by atoms with Gasteiger partial charge in [0.05, 0.1) is 11.2 Å². The topological polar surface area (TPSA) is 62.2 Å². The number of carboxylic acid groups (broad SMARTS) is 1. The minimum absolute atomic E-state index is 0.255. The van der Waals surface area contributed by atoms with Crippen molar-refractivity contribution in [2.75, 3.05) is 5.32 Å². The molecule has 2 unspecified atom stereocenters. The molecule has 0 amide bonds. The molecule has 20 heavy (non-hydrogen) atoms. The van der Waals surface area contributed by atoms with Gasteiger partial charge in [-0.3, -0.25) is 4.98 Å². The summed E-state index contributed by atoms with van der Waals surface area (Å²) in [5.74, 6) is -0.257. The monoisotopic (exact) mass is 270 g/mol. The summed E-state index contributed by atoms with van der Waals surface area (Å²) in [4.78, 5) is 15.6. The molecule has 0 spiro atoms. The van der Waals surface area contributed by atoms with Gasteiger partial charge in [0.25, 0.3) is 0 Å². The zero-order valence-electron chi connectivity index (χ0n) is 11.5. The van der Waals surface area contributed by atoms with Crippen molar-refractivity contribution in [3.63, 3.8) is 0 Å². The maximum Gasteiger partial charge on any atom is 0.339 e. The van der Waals surface area contributed by atoms with Gasteiger partial charge in [-0.15, -0.1) is 0 Å². The highest BCUT2D eigenvalue weighted by Crippen LogP contribution is 2.39. The van der Waals surface area contributed by atoms with E-state index in [2.05, 4.69) is 17.2 Å². The third-order valence-electron chi connectivity index (χ3n) is 3.92. The Morgan fingerprint density at radius 2 is 2.25 bits per heavy atom. The Bertz CT molecular complexity index is 654. The van der Waals surface area contributed by atoms with Gasteiger partial charge in [-0.1, -0.05) is 31.5 Å². The first-order valence-electron chi connectivity index (χ1n) is 7.08. The first-order valence-corrected chi connectivity index (χ1v) is 7.08. The van der Waals surface area contributed by atoms with Crippen molar-refractivity contribution in [1.29, 1.82) is 0 Å². The molecule has 0 saturated heterocycles. The van der Waals surface area contributed by atoms with Crippen molar-refractivity contribution < 1.29 is 9.90 Å². The van der Waals surface area contributed by atoms with Crippen molar-refractivity contribution >= 4 is 22.6 Å². The number of aromatic nitrogens is 1. The lowest BCUT2D eigenvalue weighted by Crippen LogP contribution is -2.11. The van der Waals surface area contributed by atoms with Crippen LogP contribution in [-0.2, 0) is 0 Å². The van der Waals surface area contributed by atoms with Gasteiger partial charge < -0.3 is 10.4 Å². The van der Waals surface area contributed by atoms with E-state index >= 15 is 0 Å². The molecule has 4 heteroatoms. The highest BCUT2D eigenvalue weighted by atomic mass is 16.4. The van der Waals surface area contributed by atoms with E-state index in [0.29, 0.717) is 17.6 Å². The van der Waals surface area contributed by atoms with E-state index in [0.717, 1.165) is 17.3 Å². The number of carboxylic acids is 1. The minimum atomic E-state index is -0.932. The Morgan fingerprint density at radius 3 is 3.00 bits per heavy atom. The Hall–Kier alpha value is -2.10. The molecule has 1 aliphatic rings. The van der Waals surface area contributed by atoms with E-state index < -0.39 is 5.97 Å². The van der Waals surface area contributed by atoms with Crippen LogP contribution in [0, 0.1) is 5.92 Å². The summed E-state index contributed by atoms with van der Waals surface area (Å²) in [5, 5.41) is 13.7. The van der Waals surface area contributed by atoms with Crippen LogP contribution in [0.1, 0.15) is 36.5 Å². The van der Waals surface area contributed by atoms with Crippen LogP contribution >= 0.6 is 0 Å². The van der Waals surface area contributed by atoms with Crippen LogP contribution in [0.15, 0.2) is 30.5 Å². The number of hydrogen-bond acceptors (Lipinski definition) is 3. The lowest BCUT2D eigenvalue weighted by Gasteiger charge is -2.12. The number of nitrogens with zero attached hydrogens (tertiary/aromatic N) is 1. The second kappa shape index (κ2) is 5.12. The Kier molecular flexibility index (Phi) is 3.30. The molecule has 3 rings (SSSR count). The van der Waals surface area contributed by atoms with E-state index in [1.165, 1.54) is 19.0 Å². The quantitative estimate of drug-likeness (QED) is 0.872. The van der Waals surface area contributed by atoms with E-state index in [9.17, 15) is 9.90 Å². The van der Waals surface area contributed by atoms with Crippen LogP contribution in [0.5, 0.6) is 0 Å². The van der Waals surface area contributed by atoms with Crippen molar-refractivity contribution in [1.82, 2.24) is 4.98 Å². The molecule has 0 bridgehead atoms. The fraction of sp³-hybridized carbons (Fsp3) is 0.375. The number of para-hydroxylation sites is 1. The van der Waals surface area contributed by atoms with Gasteiger partial charge in [-0.05, 0) is 24.8 Å². The van der Waals surface area contributed by atoms with E-state index in [1.54, 1.807) is 0 Å². The van der Waals surface area contributed by atoms with Gasteiger partial charge in [0, 0.05) is 17.6 Å². The highest BCUT2D eigenvalue weighted by molar-refractivity contribution is 6.04. The van der Waals surface area contributed by atoms with Crippen LogP contribution in [0.2, 0.25) is 0 Å². The maximum absolute atomic E-state index is 11.4. The van der Waals surface area contributed by atoms with Crippen molar-refractivity contribution in [3.05, 3.63) is 36.0 Å². The third kappa shape index (κ3) is 2.33. The molecule has 1 heterocycles. The largest absolute Gasteiger partial charge is 0.478 e. The second-order valence-corrected chi connectivity index (χ2v) is 5.40. The lowest BCUT2D eigenvalue weighted by atomic mass is 10.1. The minimum Gasteiger partial charge on any atom is -0.478 e. The average Bonchev–Trinajstić information content (AvgIpc) is 3.17. The smallest absolute Gasteiger partial charge is 0.339 e. The van der Waals surface area contributed by atoms with Gasteiger partial charge in [-0.2, -0.15) is 0 Å². The summed E-state index contributed by atoms with van der Waals surface area (Å²) in [6, 6.07) is 8.06. The molecule has 1 saturated carbocycles. The standard InChI is InChI=1S/C16H18N2O2/c1-2-5-10-8-14(10)18-15-11-6-3-4-7-13(11)17-9-12(15)16(19)20/h3-4,6-7,9-10,14H,2,5,8H2,1H3,(H,17,18)(H,19,20). The van der Waals surface area contributed by atoms with Crippen LogP contribution in [0.3, 0.4) is 0 Å². The number of anilines is 1. The lowest BCUT2D eigenvalue weighted by molar-refractivity contribution is 0.0697. The molecule has 104 valence electrons. The number of carbonyl (C=O) groups is 1. The number of nitrogens with one attached hydrogen (secondary N) is 1. The number of pyridine rings is 1. The molecule has 2 atom stereocenters. The van der Waals surface area contributed by atoms with E-state index in [4.69, 9.17) is 0 Å². The van der Waals surface area contributed by atoms with Crippen molar-refractivity contribution in [2.24, 2.45) is 5.92 Å². The van der Waals surface area contributed by atoms with Crippen molar-refractivity contribution in [2.45, 2.75) is 32.2 Å². The zero-order valence-corrected chi connectivity index (χ0v) is 11.5. The molecule has 1 aromatic heterocycles. The Labute approximate surface area is 117 Å². The van der Waals surface area contributed by atoms with Gasteiger partial charge in [0.1, 0.15) is 5.56 Å². The summed E-state index contributed by atoms with van der Waals surface area (Å²) in [6.45, 7) is 2.18. The maximum atomic E-state index is 11.4. The Morgan fingerprint density at radius 1 is 1.45 bits per heavy atom. The van der Waals surface area contributed by atoms with Crippen LogP contribution in [0.4, 0.5) is 5.69 Å². The van der Waals surface area contributed by atoms with Gasteiger partial charge >= 0.3 is 5.97 Å². The summed E-state index contributed by atoms with van der Waals surface area (Å²) >= 11 is 0. The molecule has 4 nitrogen and oxygen atoms in total. The number of fused-ring (bicyclic) bond motifs is 1. The second-order valence-electron chi connectivity index (χ2n) is 5.40. The molecule has 2 aromatic rings. The zero-order chi connectivity index (χ0) is 14.1. The average molecular weight is 270 g/mol. The number of rotatable bonds is 5. The molecule has 1 aliphatic carbocycles. The first-order chi connectivity index (χ1) is 9.70. The summed E-state index contributed by atoms with van der Waals surface area (Å²) in [7, 11) is 0. The molecule has 0 radical (unpaired) electrons. The molecule has 2 N–H and O–H groups in total. The van der Waals surface area contributed by atoms with E-state index in [-0.39, 0.29) is 5.56 Å². The first kappa shape index (κ1) is 12.9. The molecule has 1 fully saturated rings. The molecule has 0 aliphatic heterocycles. The number of benzene rings is 1. The summed E-state index contributed by atoms with van der Waals surface area (Å²) in [6.07, 6.45) is 4.95. The molecular weight excluding hydrogens is 252 g/mol. The Balaban J connectivity index is 1.98. The van der Waals surface area contributed by atoms with Crippen molar-refractivity contribution in [3.8, 4) is 0 Å². The van der Waals surface area contributed by atoms with Gasteiger partial charge in [-0.25, -0.2) is 4.79 Å². The predicted octanol–water partition coefficient (Wildman–Crippen LogP) is 3.53. The van der Waals surface area contributed by atoms with Gasteiger partial charge in [0.15, 0.2) is 0 Å². The van der Waals surface area contributed by atoms with E-state index in [1.807, 2.05) is 24.3 Å². The number of hydrogen-bond donors (Lipinski definition) is 2. The van der Waals surface area contributed by atoms with Crippen LogP contribution in [0.25, 0.3) is 10.9 Å². The number of aromatic carboxylic acids is 1. The summed E-state index contributed by atoms with van der Waals surface area (Å²) < 4.78 is 0. The molecule has 1 aromatic carbocycles. The predicted molar refractivity (Wildman–Crippen MR) is 79.1 cm³/mol. The third-order valence-corrected chi connectivity index (χ3v) is 3.92. The van der Waals surface area contributed by atoms with Crippen LogP contribution < -0.4 is 5.32 Å². The fourth-order valence-corrected chi connectivity index (χ4v) is 2.76.